The summed E-state index contributed by atoms with van der Waals surface area (Å²) in [5.41, 5.74) is 3.17. The van der Waals surface area contributed by atoms with Gasteiger partial charge in [0, 0.05) is 6.04 Å². The molecular weight excluding hydrogens is 296 g/mol. The number of halogens is 3. The Hall–Kier alpha value is -1.09. The van der Waals surface area contributed by atoms with E-state index in [0.29, 0.717) is 6.04 Å². The van der Waals surface area contributed by atoms with E-state index >= 15 is 0 Å². The van der Waals surface area contributed by atoms with Crippen molar-refractivity contribution >= 4 is 24.0 Å². The van der Waals surface area contributed by atoms with E-state index < -0.39 is 0 Å². The molecule has 1 nitrogen and oxygen atoms in total. The van der Waals surface area contributed by atoms with Crippen LogP contribution in [-0.2, 0) is 0 Å². The number of hydrogen-bond acceptors (Lipinski definition) is 1. The monoisotopic (exact) mass is 311 g/mol. The Morgan fingerprint density at radius 2 is 1.75 bits per heavy atom. The summed E-state index contributed by atoms with van der Waals surface area (Å²) >= 11 is 5.70. The fourth-order valence-corrected chi connectivity index (χ4v) is 2.67. The second-order valence-electron chi connectivity index (χ2n) is 4.90. The highest BCUT2D eigenvalue weighted by Crippen LogP contribution is 2.28. The van der Waals surface area contributed by atoms with Gasteiger partial charge in [-0.15, -0.1) is 12.4 Å². The van der Waals surface area contributed by atoms with Gasteiger partial charge in [-0.3, -0.25) is 0 Å². The molecule has 2 aromatic carbocycles. The lowest BCUT2D eigenvalue weighted by Crippen LogP contribution is -2.12. The van der Waals surface area contributed by atoms with Crippen LogP contribution in [0.25, 0.3) is 11.1 Å². The Balaban J connectivity index is 0.00000147. The minimum atomic E-state index is -0.374. The molecule has 0 radical (unpaired) electrons. The van der Waals surface area contributed by atoms with Gasteiger partial charge in [-0.25, -0.2) is 4.39 Å². The average molecular weight is 312 g/mol. The zero-order valence-corrected chi connectivity index (χ0v) is 12.5. The maximum atomic E-state index is 13.4. The molecule has 1 aliphatic rings. The Bertz CT molecular complexity index is 578. The van der Waals surface area contributed by atoms with E-state index in [1.807, 2.05) is 18.2 Å². The number of nitrogens with one attached hydrogen (secondary N) is 1. The Morgan fingerprint density at radius 1 is 1.05 bits per heavy atom. The van der Waals surface area contributed by atoms with E-state index in [0.717, 1.165) is 17.7 Å². The van der Waals surface area contributed by atoms with Crippen molar-refractivity contribution in [3.05, 3.63) is 58.9 Å². The van der Waals surface area contributed by atoms with Crippen LogP contribution in [0.3, 0.4) is 0 Å². The number of hydrogen-bond donors (Lipinski definition) is 1. The summed E-state index contributed by atoms with van der Waals surface area (Å²) in [5, 5.41) is 3.63. The van der Waals surface area contributed by atoms with Crippen molar-refractivity contribution in [1.82, 2.24) is 5.32 Å². The third-order valence-electron chi connectivity index (χ3n) is 3.63. The summed E-state index contributed by atoms with van der Waals surface area (Å²) in [6.07, 6.45) is 2.42. The van der Waals surface area contributed by atoms with Gasteiger partial charge < -0.3 is 5.32 Å². The SMILES string of the molecule is Cl.Fc1cc(-c2ccc(C3CCCN3)cc2)ccc1Cl. The first-order chi connectivity index (χ1) is 9.24. The molecule has 1 unspecified atom stereocenters. The molecule has 1 heterocycles. The normalized spacial score (nSPS) is 17.8. The summed E-state index contributed by atoms with van der Waals surface area (Å²) in [7, 11) is 0. The van der Waals surface area contributed by atoms with Crippen molar-refractivity contribution < 1.29 is 4.39 Å². The van der Waals surface area contributed by atoms with Crippen LogP contribution in [0.1, 0.15) is 24.4 Å². The highest BCUT2D eigenvalue weighted by Gasteiger charge is 2.15. The quantitative estimate of drug-likeness (QED) is 0.823. The number of rotatable bonds is 2. The van der Waals surface area contributed by atoms with Crippen molar-refractivity contribution in [2.75, 3.05) is 6.54 Å². The van der Waals surface area contributed by atoms with Gasteiger partial charge >= 0.3 is 0 Å². The van der Waals surface area contributed by atoms with Gasteiger partial charge in [0.25, 0.3) is 0 Å². The van der Waals surface area contributed by atoms with Crippen LogP contribution in [-0.4, -0.2) is 6.54 Å². The Morgan fingerprint density at radius 3 is 2.35 bits per heavy atom. The second-order valence-corrected chi connectivity index (χ2v) is 5.31. The van der Waals surface area contributed by atoms with Gasteiger partial charge in [-0.05, 0) is 48.2 Å². The molecule has 106 valence electrons. The molecule has 1 N–H and O–H groups in total. The topological polar surface area (TPSA) is 12.0 Å². The van der Waals surface area contributed by atoms with Crippen LogP contribution in [0.4, 0.5) is 4.39 Å². The van der Waals surface area contributed by atoms with Crippen molar-refractivity contribution in [3.8, 4) is 11.1 Å². The molecule has 3 rings (SSSR count). The van der Waals surface area contributed by atoms with E-state index in [1.54, 1.807) is 6.07 Å². The van der Waals surface area contributed by atoms with Gasteiger partial charge in [-0.1, -0.05) is 41.9 Å². The van der Waals surface area contributed by atoms with Gasteiger partial charge in [0.05, 0.1) is 5.02 Å². The molecule has 0 saturated carbocycles. The fourth-order valence-electron chi connectivity index (χ4n) is 2.55. The predicted octanol–water partition coefficient (Wildman–Crippen LogP) is 4.99. The van der Waals surface area contributed by atoms with Crippen LogP contribution >= 0.6 is 24.0 Å². The molecule has 4 heteroatoms. The van der Waals surface area contributed by atoms with Gasteiger partial charge in [0.2, 0.25) is 0 Å². The van der Waals surface area contributed by atoms with E-state index in [4.69, 9.17) is 11.6 Å². The van der Waals surface area contributed by atoms with Gasteiger partial charge in [0.1, 0.15) is 5.82 Å². The molecular formula is C16H16Cl2FN. The van der Waals surface area contributed by atoms with Crippen molar-refractivity contribution in [3.63, 3.8) is 0 Å². The third kappa shape index (κ3) is 3.14. The summed E-state index contributed by atoms with van der Waals surface area (Å²) < 4.78 is 13.4. The highest BCUT2D eigenvalue weighted by atomic mass is 35.5. The molecule has 2 aromatic rings. The predicted molar refractivity (Wildman–Crippen MR) is 84.1 cm³/mol. The lowest BCUT2D eigenvalue weighted by atomic mass is 10.00. The van der Waals surface area contributed by atoms with Crippen LogP contribution < -0.4 is 5.32 Å². The second kappa shape index (κ2) is 6.57. The van der Waals surface area contributed by atoms with Crippen LogP contribution in [0.2, 0.25) is 5.02 Å². The van der Waals surface area contributed by atoms with Gasteiger partial charge in [-0.2, -0.15) is 0 Å². The zero-order chi connectivity index (χ0) is 13.2. The Labute approximate surface area is 129 Å². The molecule has 0 aromatic heterocycles. The zero-order valence-electron chi connectivity index (χ0n) is 10.9. The molecule has 0 bridgehead atoms. The molecule has 1 fully saturated rings. The number of benzene rings is 2. The standard InChI is InChI=1S/C16H15ClFN.ClH/c17-14-8-7-13(10-15(14)18)11-3-5-12(6-4-11)16-2-1-9-19-16;/h3-8,10,16,19H,1-2,9H2;1H. The van der Waals surface area contributed by atoms with Gasteiger partial charge in [0.15, 0.2) is 0 Å². The molecule has 0 amide bonds. The first kappa shape index (κ1) is 15.3. The highest BCUT2D eigenvalue weighted by molar-refractivity contribution is 6.30. The molecule has 1 atom stereocenters. The maximum absolute atomic E-state index is 13.4. The lowest BCUT2D eigenvalue weighted by Gasteiger charge is -2.11. The van der Waals surface area contributed by atoms with E-state index in [2.05, 4.69) is 17.4 Å². The molecule has 1 aliphatic heterocycles. The molecule has 0 aliphatic carbocycles. The molecule has 0 spiro atoms. The minimum absolute atomic E-state index is 0. The first-order valence-electron chi connectivity index (χ1n) is 6.53. The largest absolute Gasteiger partial charge is 0.310 e. The van der Waals surface area contributed by atoms with Crippen molar-refractivity contribution in [2.24, 2.45) is 0 Å². The fraction of sp³-hybridized carbons (Fsp3) is 0.250. The average Bonchev–Trinajstić information content (AvgIpc) is 2.96. The van der Waals surface area contributed by atoms with Crippen LogP contribution in [0.5, 0.6) is 0 Å². The maximum Gasteiger partial charge on any atom is 0.142 e. The van der Waals surface area contributed by atoms with E-state index in [9.17, 15) is 4.39 Å². The summed E-state index contributed by atoms with van der Waals surface area (Å²) in [5.74, 6) is -0.374. The van der Waals surface area contributed by atoms with Crippen molar-refractivity contribution in [1.29, 1.82) is 0 Å². The smallest absolute Gasteiger partial charge is 0.142 e. The first-order valence-corrected chi connectivity index (χ1v) is 6.90. The molecule has 20 heavy (non-hydrogen) atoms. The van der Waals surface area contributed by atoms with E-state index in [1.165, 1.54) is 24.5 Å². The Kier molecular flexibility index (Phi) is 5.03. The summed E-state index contributed by atoms with van der Waals surface area (Å²) in [4.78, 5) is 0. The summed E-state index contributed by atoms with van der Waals surface area (Å²) in [6, 6.07) is 13.7. The molecule has 1 saturated heterocycles. The summed E-state index contributed by atoms with van der Waals surface area (Å²) in [6.45, 7) is 1.09. The third-order valence-corrected chi connectivity index (χ3v) is 3.93. The van der Waals surface area contributed by atoms with Crippen LogP contribution in [0, 0.1) is 5.82 Å². The minimum Gasteiger partial charge on any atom is -0.310 e. The van der Waals surface area contributed by atoms with Crippen LogP contribution in [0.15, 0.2) is 42.5 Å². The van der Waals surface area contributed by atoms with Crippen molar-refractivity contribution in [2.45, 2.75) is 18.9 Å². The van der Waals surface area contributed by atoms with E-state index in [-0.39, 0.29) is 23.2 Å². The lowest BCUT2D eigenvalue weighted by molar-refractivity contribution is 0.629.